The summed E-state index contributed by atoms with van der Waals surface area (Å²) in [4.78, 5) is 40.2. The quantitative estimate of drug-likeness (QED) is 0.571. The van der Waals surface area contributed by atoms with E-state index in [-0.39, 0.29) is 16.8 Å². The first-order valence-electron chi connectivity index (χ1n) is 11.2. The largest absolute Gasteiger partial charge is 0.497 e. The van der Waals surface area contributed by atoms with Crippen molar-refractivity contribution in [3.8, 4) is 22.9 Å². The third-order valence-electron chi connectivity index (χ3n) is 6.12. The van der Waals surface area contributed by atoms with Crippen LogP contribution in [0.1, 0.15) is 46.7 Å². The van der Waals surface area contributed by atoms with Crippen molar-refractivity contribution in [2.75, 3.05) is 26.6 Å². The molecule has 0 atom stereocenters. The van der Waals surface area contributed by atoms with Crippen LogP contribution in [0.3, 0.4) is 0 Å². The van der Waals surface area contributed by atoms with Gasteiger partial charge in [0.1, 0.15) is 22.8 Å². The van der Waals surface area contributed by atoms with Crippen molar-refractivity contribution in [2.45, 2.75) is 26.7 Å². The molecule has 0 fully saturated rings. The fraction of sp³-hybridized carbons (Fsp3) is 0.296. The monoisotopic (exact) mass is 476 g/mol. The summed E-state index contributed by atoms with van der Waals surface area (Å²) in [7, 11) is 4.55. The number of anilines is 1. The summed E-state index contributed by atoms with van der Waals surface area (Å²) in [5.74, 6) is 0.798. The Morgan fingerprint density at radius 1 is 0.886 bits per heavy atom. The molecule has 0 saturated heterocycles. The topological polar surface area (TPSA) is 95.9 Å². The van der Waals surface area contributed by atoms with E-state index in [1.165, 1.54) is 24.9 Å². The van der Waals surface area contributed by atoms with E-state index in [0.717, 1.165) is 0 Å². The summed E-state index contributed by atoms with van der Waals surface area (Å²) in [5, 5.41) is 2.74. The number of hydrogen-bond acceptors (Lipinski definition) is 6. The number of aromatic nitrogens is 1. The molecule has 0 unspecified atom stereocenters. The molecule has 8 nitrogen and oxygen atoms in total. The molecule has 1 N–H and O–H groups in total. The van der Waals surface area contributed by atoms with Gasteiger partial charge in [-0.3, -0.25) is 19.0 Å². The summed E-state index contributed by atoms with van der Waals surface area (Å²) in [5.41, 5.74) is 0.891. The second kappa shape index (κ2) is 9.29. The smallest absolute Gasteiger partial charge is 0.268 e. The van der Waals surface area contributed by atoms with E-state index in [4.69, 9.17) is 14.2 Å². The first kappa shape index (κ1) is 24.1. The maximum atomic E-state index is 13.7. The zero-order chi connectivity index (χ0) is 25.3. The van der Waals surface area contributed by atoms with E-state index < -0.39 is 11.5 Å². The Kier molecular flexibility index (Phi) is 6.39. The van der Waals surface area contributed by atoms with Crippen LogP contribution in [0.4, 0.5) is 5.69 Å². The molecule has 8 heteroatoms. The predicted octanol–water partition coefficient (Wildman–Crippen LogP) is 4.27. The summed E-state index contributed by atoms with van der Waals surface area (Å²) in [6.45, 7) is 3.98. The fourth-order valence-corrected chi connectivity index (χ4v) is 4.38. The van der Waals surface area contributed by atoms with E-state index in [1.54, 1.807) is 49.6 Å². The molecule has 35 heavy (non-hydrogen) atoms. The molecular weight excluding hydrogens is 448 g/mol. The summed E-state index contributed by atoms with van der Waals surface area (Å²) >= 11 is 0. The summed E-state index contributed by atoms with van der Waals surface area (Å²) < 4.78 is 17.3. The molecule has 1 aromatic heterocycles. The van der Waals surface area contributed by atoms with Gasteiger partial charge in [0.25, 0.3) is 11.5 Å². The van der Waals surface area contributed by atoms with Crippen LogP contribution in [0.25, 0.3) is 5.69 Å². The lowest BCUT2D eigenvalue weighted by molar-refractivity contribution is 0.0908. The number of benzene rings is 2. The number of carbonyl (C=O) groups is 2. The van der Waals surface area contributed by atoms with Crippen molar-refractivity contribution in [2.24, 2.45) is 5.41 Å². The highest BCUT2D eigenvalue weighted by atomic mass is 16.5. The molecule has 0 radical (unpaired) electrons. The molecular formula is C27H28N2O6. The average Bonchev–Trinajstić information content (AvgIpc) is 2.83. The first-order valence-corrected chi connectivity index (χ1v) is 11.2. The molecule has 1 aliphatic rings. The Morgan fingerprint density at radius 3 is 2.17 bits per heavy atom. The van der Waals surface area contributed by atoms with E-state index in [9.17, 15) is 14.4 Å². The fourth-order valence-electron chi connectivity index (χ4n) is 4.38. The molecule has 4 rings (SSSR count). The van der Waals surface area contributed by atoms with Gasteiger partial charge < -0.3 is 19.5 Å². The number of nitrogens with zero attached hydrogens (tertiary/aromatic N) is 1. The van der Waals surface area contributed by atoms with Crippen molar-refractivity contribution < 1.29 is 23.8 Å². The van der Waals surface area contributed by atoms with Crippen LogP contribution < -0.4 is 25.1 Å². The minimum absolute atomic E-state index is 0.105. The number of hydrogen-bond donors (Lipinski definition) is 1. The molecule has 1 aliphatic carbocycles. The van der Waals surface area contributed by atoms with Crippen LogP contribution in [-0.2, 0) is 6.42 Å². The molecule has 0 spiro atoms. The molecule has 2 aromatic carbocycles. The predicted molar refractivity (Wildman–Crippen MR) is 133 cm³/mol. The maximum absolute atomic E-state index is 13.7. The van der Waals surface area contributed by atoms with Crippen molar-refractivity contribution in [1.82, 2.24) is 4.57 Å². The number of carbonyl (C=O) groups excluding carboxylic acids is 2. The summed E-state index contributed by atoms with van der Waals surface area (Å²) in [6.07, 6.45) is 0.840. The number of pyridine rings is 1. The van der Waals surface area contributed by atoms with Crippen LogP contribution in [0, 0.1) is 5.41 Å². The number of ether oxygens (including phenoxy) is 3. The lowest BCUT2D eigenvalue weighted by Gasteiger charge is -2.32. The van der Waals surface area contributed by atoms with Crippen molar-refractivity contribution in [1.29, 1.82) is 0 Å². The van der Waals surface area contributed by atoms with E-state index in [1.807, 2.05) is 13.8 Å². The number of ketones is 1. The Hall–Kier alpha value is -4.07. The van der Waals surface area contributed by atoms with Crippen molar-refractivity contribution in [3.63, 3.8) is 0 Å². The maximum Gasteiger partial charge on any atom is 0.268 e. The van der Waals surface area contributed by atoms with Gasteiger partial charge in [0, 0.05) is 29.4 Å². The number of fused-ring (bicyclic) bond motifs is 1. The molecule has 0 aliphatic heterocycles. The normalized spacial score (nSPS) is 14.1. The highest BCUT2D eigenvalue weighted by molar-refractivity contribution is 6.07. The lowest BCUT2D eigenvalue weighted by Crippen LogP contribution is -2.37. The van der Waals surface area contributed by atoms with E-state index >= 15 is 0 Å². The third kappa shape index (κ3) is 4.64. The number of methoxy groups -OCH3 is 3. The zero-order valence-electron chi connectivity index (χ0n) is 20.4. The minimum atomic E-state index is -0.649. The number of amides is 1. The second-order valence-electron chi connectivity index (χ2n) is 9.22. The van der Waals surface area contributed by atoms with E-state index in [0.29, 0.717) is 52.7 Å². The number of Topliss-reactive ketones (excluding diaryl/α,β-unsaturated/α-hetero) is 1. The second-order valence-corrected chi connectivity index (χ2v) is 9.22. The first-order chi connectivity index (χ1) is 16.7. The SMILES string of the molecule is COc1ccc(-n2c3c(cc(C(=O)Nc4cc(OC)ccc4OC)c2=O)C(=O)CC(C)(C)C3)cc1. The molecule has 1 heterocycles. The van der Waals surface area contributed by atoms with E-state index in [2.05, 4.69) is 5.32 Å². The van der Waals surface area contributed by atoms with Crippen LogP contribution in [-0.4, -0.2) is 37.6 Å². The van der Waals surface area contributed by atoms with Gasteiger partial charge in [0.15, 0.2) is 5.78 Å². The summed E-state index contributed by atoms with van der Waals surface area (Å²) in [6, 6.07) is 13.3. The molecule has 0 bridgehead atoms. The third-order valence-corrected chi connectivity index (χ3v) is 6.12. The van der Waals surface area contributed by atoms with Gasteiger partial charge in [-0.1, -0.05) is 13.8 Å². The lowest BCUT2D eigenvalue weighted by atomic mass is 9.75. The van der Waals surface area contributed by atoms with Gasteiger partial charge in [0.05, 0.1) is 27.0 Å². The Bertz CT molecular complexity index is 1360. The van der Waals surface area contributed by atoms with Gasteiger partial charge in [-0.2, -0.15) is 0 Å². The van der Waals surface area contributed by atoms with Crippen LogP contribution in [0.2, 0.25) is 0 Å². The highest BCUT2D eigenvalue weighted by Gasteiger charge is 2.35. The van der Waals surface area contributed by atoms with Gasteiger partial charge in [-0.05, 0) is 54.3 Å². The van der Waals surface area contributed by atoms with Crippen LogP contribution >= 0.6 is 0 Å². The Labute approximate surface area is 203 Å². The van der Waals surface area contributed by atoms with Gasteiger partial charge in [0.2, 0.25) is 0 Å². The highest BCUT2D eigenvalue weighted by Crippen LogP contribution is 2.36. The van der Waals surface area contributed by atoms with Crippen molar-refractivity contribution in [3.05, 3.63) is 75.7 Å². The molecule has 1 amide bonds. The van der Waals surface area contributed by atoms with Crippen LogP contribution in [0.5, 0.6) is 17.2 Å². The number of rotatable bonds is 6. The van der Waals surface area contributed by atoms with Crippen molar-refractivity contribution >= 4 is 17.4 Å². The van der Waals surface area contributed by atoms with Gasteiger partial charge in [-0.15, -0.1) is 0 Å². The van der Waals surface area contributed by atoms with Gasteiger partial charge in [-0.25, -0.2) is 0 Å². The van der Waals surface area contributed by atoms with Crippen LogP contribution in [0.15, 0.2) is 53.3 Å². The molecule has 3 aromatic rings. The van der Waals surface area contributed by atoms with Gasteiger partial charge >= 0.3 is 0 Å². The number of nitrogens with one attached hydrogen (secondary N) is 1. The molecule has 0 saturated carbocycles. The molecule has 182 valence electrons. The Morgan fingerprint density at radius 2 is 1.54 bits per heavy atom. The minimum Gasteiger partial charge on any atom is -0.497 e. The Balaban J connectivity index is 1.87. The average molecular weight is 477 g/mol. The zero-order valence-corrected chi connectivity index (χ0v) is 20.4. The standard InChI is InChI=1S/C27H28N2O6/c1-27(2)14-22-19(23(30)15-27)13-20(26(32)29(22)16-6-8-17(33-3)9-7-16)25(31)28-21-12-18(34-4)10-11-24(21)35-5/h6-13H,14-15H2,1-5H3,(H,28,31).